The van der Waals surface area contributed by atoms with Crippen LogP contribution in [0.25, 0.3) is 0 Å². The van der Waals surface area contributed by atoms with Crippen molar-refractivity contribution in [2.45, 2.75) is 398 Å². The lowest BCUT2D eigenvalue weighted by Gasteiger charge is -2.29. The molecule has 0 fully saturated rings. The van der Waals surface area contributed by atoms with E-state index in [4.69, 9.17) is 63.2 Å². The van der Waals surface area contributed by atoms with Gasteiger partial charge >= 0.3 is 0 Å². The minimum Gasteiger partial charge on any atom is -0.370 e. The van der Waals surface area contributed by atoms with E-state index in [1.807, 2.05) is 27.7 Å². The van der Waals surface area contributed by atoms with Gasteiger partial charge < -0.3 is 142 Å². The molecule has 0 aromatic heterocycles. The van der Waals surface area contributed by atoms with E-state index in [-0.39, 0.29) is 190 Å². The first-order valence-electron chi connectivity index (χ1n) is 51.7. The van der Waals surface area contributed by atoms with Crippen molar-refractivity contribution in [1.82, 2.24) is 90.5 Å². The maximum atomic E-state index is 15.0. The lowest BCUT2D eigenvalue weighted by Crippen LogP contribution is -2.61. The maximum Gasteiger partial charge on any atom is 0.243 e. The number of nitrogens with two attached hydrogens (primary N) is 11. The standard InChI is InChI=1S/C96H184N28O19/c1-57(2)50-63(104)82(129)110-65(31-16-23-43-98)84(131)113-69(35-20-27-47-102)88(135)120-77(55-62(11)12)96(143)123-76(54-61(9)10)95(142)115-68(34-19-26-46-101)87(134)118-72(39-41-79(106)126)91(138)121-74(52-59(5)6)93(140)114-67(33-18-25-45-100)85(132)112-66(32-17-24-44-99)86(133)117-71(38-40-78(105)125)90(137)122-75(53-60(7)8)94(141)116-70(36-21-28-48-103)89(136)119-73(51-58(3)4)92(139)111-64(30-15-22-42-97)83(130)109-56-81(128)108-49-29-13-14-37-80(127)124-107/h57-77H,13-56,97-104,107H2,1-12H3,(H2,105,125)(H2,106,126)(H,108,128)(H,109,130)(H,110,129)(H,111,139)(H,112,132)(H,113,131)(H,114,140)(H,115,142)(H,116,141)(H,117,133)(H,118,134)(H,119,136)(H,120,135)(H,121,138)(H,122,137)(H,123,143)(H,124,127)/t63-,64-,65-,66-,67-,68-,69-,70-,71-,72-,73-,74-,75-,76-,77-/m0/s1. The summed E-state index contributed by atoms with van der Waals surface area (Å²) in [4.78, 5) is 268. The Morgan fingerprint density at radius 1 is 0.203 bits per heavy atom. The third-order valence-corrected chi connectivity index (χ3v) is 23.4. The second-order valence-electron chi connectivity index (χ2n) is 39.7. The van der Waals surface area contributed by atoms with E-state index in [2.05, 4.69) is 90.5 Å². The SMILES string of the molecule is CC(C)C[C@H](NC(=O)[C@H](CCCCN)NC(=O)[C@H](CC(C)C)NC(=O)[C@H](CCC(N)=O)NC(=O)[C@H](CCCCN)NC(=O)[C@H](CCCCN)NC(=O)[C@H](CC(C)C)NC(=O)[C@H](CCC(N)=O)NC(=O)[C@H](CCCCN)NC(=O)[C@H](CC(C)C)NC(=O)[C@H](CC(C)C)NC(=O)[C@H](CCCCN)NC(=O)[C@H](CCCCN)NC(=O)[C@@H](N)CC(C)C)C(=O)N[C@@H](CCCCN)C(=O)NCC(=O)NCCCCCC(=O)NN. The molecule has 0 aromatic rings. The van der Waals surface area contributed by atoms with Crippen molar-refractivity contribution in [3.63, 3.8) is 0 Å². The fourth-order valence-electron chi connectivity index (χ4n) is 15.6. The number of carbonyl (C=O) groups is 19. The van der Waals surface area contributed by atoms with Crippen LogP contribution in [0, 0.1) is 35.5 Å². The van der Waals surface area contributed by atoms with E-state index in [9.17, 15) is 91.1 Å². The van der Waals surface area contributed by atoms with Gasteiger partial charge in [0.05, 0.1) is 12.6 Å². The van der Waals surface area contributed by atoms with Crippen molar-refractivity contribution >= 4 is 112 Å². The van der Waals surface area contributed by atoms with Crippen molar-refractivity contribution in [1.29, 1.82) is 0 Å². The summed E-state index contributed by atoms with van der Waals surface area (Å²) in [7, 11) is 0. The molecule has 143 heavy (non-hydrogen) atoms. The molecule has 0 heterocycles. The first kappa shape index (κ1) is 133. The molecule has 0 aliphatic rings. The average Bonchev–Trinajstić information content (AvgIpc) is 0.851. The highest BCUT2D eigenvalue weighted by Gasteiger charge is 2.40. The normalized spacial score (nSPS) is 14.6. The Labute approximate surface area is 846 Å². The van der Waals surface area contributed by atoms with E-state index in [1.54, 1.807) is 55.4 Å². The summed E-state index contributed by atoms with van der Waals surface area (Å²) < 4.78 is 0. The van der Waals surface area contributed by atoms with Crippen LogP contribution in [0.2, 0.25) is 0 Å². The monoisotopic (exact) mass is 2030 g/mol. The number of rotatable bonds is 83. The van der Waals surface area contributed by atoms with Crippen LogP contribution in [0.5, 0.6) is 0 Å². The Hall–Kier alpha value is -10.4. The van der Waals surface area contributed by atoms with Crippen molar-refractivity contribution in [2.24, 2.45) is 98.7 Å². The summed E-state index contributed by atoms with van der Waals surface area (Å²) in [6.45, 7) is 23.0. The molecule has 0 bridgehead atoms. The molecule has 47 nitrogen and oxygen atoms in total. The Bertz CT molecular complexity index is 3850. The highest BCUT2D eigenvalue weighted by Crippen LogP contribution is 2.19. The number of nitrogens with one attached hydrogen (secondary N) is 17. The zero-order chi connectivity index (χ0) is 108. The third kappa shape index (κ3) is 60.8. The summed E-state index contributed by atoms with van der Waals surface area (Å²) in [5, 5.41) is 43.5. The Kier molecular flexibility index (Phi) is 71.5. The molecule has 0 aliphatic heterocycles. The third-order valence-electron chi connectivity index (χ3n) is 23.4. The lowest BCUT2D eigenvalue weighted by molar-refractivity contribution is -0.137. The van der Waals surface area contributed by atoms with E-state index in [1.165, 1.54) is 0 Å². The van der Waals surface area contributed by atoms with Gasteiger partial charge in [0.2, 0.25) is 112 Å². The quantitative estimate of drug-likeness (QED) is 0.0122. The Morgan fingerprint density at radius 2 is 0.399 bits per heavy atom. The topological polar surface area (TPSA) is 815 Å². The molecule has 0 spiro atoms. The number of hydrazine groups is 1. The van der Waals surface area contributed by atoms with Gasteiger partial charge in [0, 0.05) is 25.8 Å². The summed E-state index contributed by atoms with van der Waals surface area (Å²) in [6, 6.07) is -20.3. The van der Waals surface area contributed by atoms with Gasteiger partial charge in [-0.2, -0.15) is 0 Å². The molecule has 0 aliphatic carbocycles. The van der Waals surface area contributed by atoms with Crippen LogP contribution < -0.4 is 154 Å². The predicted molar refractivity (Wildman–Crippen MR) is 546 cm³/mol. The molecule has 0 saturated heterocycles. The second kappa shape index (κ2) is 77.1. The lowest BCUT2D eigenvalue weighted by atomic mass is 9.98. The van der Waals surface area contributed by atoms with Crippen molar-refractivity contribution in [3.8, 4) is 0 Å². The Balaban J connectivity index is 7.55. The molecule has 15 atom stereocenters. The molecule has 19 amide bonds. The molecule has 39 N–H and O–H groups in total. The number of hydrogen-bond donors (Lipinski definition) is 28. The average molecular weight is 2030 g/mol. The molecule has 0 saturated carbocycles. The predicted octanol–water partition coefficient (Wildman–Crippen LogP) is -3.41. The van der Waals surface area contributed by atoms with Crippen LogP contribution >= 0.6 is 0 Å². The van der Waals surface area contributed by atoms with Gasteiger partial charge in [-0.25, -0.2) is 5.84 Å². The molecule has 0 rings (SSSR count). The van der Waals surface area contributed by atoms with Crippen molar-refractivity contribution in [3.05, 3.63) is 0 Å². The zero-order valence-electron chi connectivity index (χ0n) is 87.3. The molecule has 822 valence electrons. The fourth-order valence-corrected chi connectivity index (χ4v) is 15.6. The van der Waals surface area contributed by atoms with Gasteiger partial charge in [0.25, 0.3) is 0 Å². The van der Waals surface area contributed by atoms with Crippen LogP contribution in [0.15, 0.2) is 0 Å². The highest BCUT2D eigenvalue weighted by molar-refractivity contribution is 6.01. The van der Waals surface area contributed by atoms with Gasteiger partial charge in [-0.05, 0) is 280 Å². The van der Waals surface area contributed by atoms with Crippen LogP contribution in [0.3, 0.4) is 0 Å². The van der Waals surface area contributed by atoms with Gasteiger partial charge in [0.1, 0.15) is 84.6 Å². The molecular weight excluding hydrogens is 1850 g/mol. The first-order valence-corrected chi connectivity index (χ1v) is 51.7. The van der Waals surface area contributed by atoms with E-state index >= 15 is 0 Å². The molecule has 0 unspecified atom stereocenters. The summed E-state index contributed by atoms with van der Waals surface area (Å²) in [5.74, 6) is -11.1. The first-order chi connectivity index (χ1) is 67.6. The summed E-state index contributed by atoms with van der Waals surface area (Å²) >= 11 is 0. The van der Waals surface area contributed by atoms with Crippen LogP contribution in [0.4, 0.5) is 0 Å². The molecule has 47 heteroatoms. The summed E-state index contributed by atoms with van der Waals surface area (Å²) in [6.07, 6.45) is 5.69. The van der Waals surface area contributed by atoms with E-state index in [0.717, 1.165) is 0 Å². The van der Waals surface area contributed by atoms with Gasteiger partial charge in [0.15, 0.2) is 0 Å². The Morgan fingerprint density at radius 3 is 0.601 bits per heavy atom. The largest absolute Gasteiger partial charge is 0.370 e. The van der Waals surface area contributed by atoms with E-state index in [0.29, 0.717) is 103 Å². The van der Waals surface area contributed by atoms with Gasteiger partial charge in [-0.15, -0.1) is 0 Å². The number of primary amides is 2. The van der Waals surface area contributed by atoms with Crippen molar-refractivity contribution < 1.29 is 91.1 Å². The smallest absolute Gasteiger partial charge is 0.243 e. The minimum absolute atomic E-state index is 0.00486. The van der Waals surface area contributed by atoms with Crippen molar-refractivity contribution in [2.75, 3.05) is 58.9 Å². The van der Waals surface area contributed by atoms with Gasteiger partial charge in [-0.1, -0.05) is 89.5 Å². The molecule has 0 aromatic carbocycles. The summed E-state index contributed by atoms with van der Waals surface area (Å²) in [5.41, 5.74) is 60.7. The minimum atomic E-state index is -1.63. The molecule has 0 radical (unpaired) electrons. The molecular formula is C96H184N28O19. The fraction of sp³-hybridized carbons (Fsp3) is 0.802. The maximum absolute atomic E-state index is 15.0. The van der Waals surface area contributed by atoms with Crippen LogP contribution in [0.1, 0.15) is 308 Å². The number of amides is 19. The van der Waals surface area contributed by atoms with E-state index < -0.39 is 229 Å². The van der Waals surface area contributed by atoms with Crippen LogP contribution in [-0.4, -0.2) is 262 Å². The zero-order valence-corrected chi connectivity index (χ0v) is 87.3. The highest BCUT2D eigenvalue weighted by atomic mass is 16.2. The number of hydrogen-bond acceptors (Lipinski definition) is 28. The number of unbranched alkanes of at least 4 members (excludes halogenated alkanes) is 9. The van der Waals surface area contributed by atoms with Crippen LogP contribution in [-0.2, 0) is 91.1 Å². The second-order valence-corrected chi connectivity index (χ2v) is 39.7. The van der Waals surface area contributed by atoms with Gasteiger partial charge in [-0.3, -0.25) is 96.5 Å². The number of carbonyl (C=O) groups excluding carboxylic acids is 19.